The summed E-state index contributed by atoms with van der Waals surface area (Å²) in [6, 6.07) is 14.8. The minimum atomic E-state index is -0.486. The molecule has 9 heteroatoms. The summed E-state index contributed by atoms with van der Waals surface area (Å²) >= 11 is 11.8. The number of halogens is 2. The molecule has 2 aromatic carbocycles. The lowest BCUT2D eigenvalue weighted by molar-refractivity contribution is -0.134. The molecule has 1 heterocycles. The highest BCUT2D eigenvalue weighted by Crippen LogP contribution is 2.20. The van der Waals surface area contributed by atoms with Crippen LogP contribution in [0.1, 0.15) is 15.9 Å². The molecule has 170 valence electrons. The van der Waals surface area contributed by atoms with Crippen LogP contribution in [0.25, 0.3) is 0 Å². The summed E-state index contributed by atoms with van der Waals surface area (Å²) in [5, 5.41) is 5.66. The summed E-state index contributed by atoms with van der Waals surface area (Å²) in [7, 11) is 0. The van der Waals surface area contributed by atoms with E-state index in [1.807, 2.05) is 18.2 Å². The Labute approximate surface area is 197 Å². The number of hydrogen-bond acceptors (Lipinski definition) is 4. The van der Waals surface area contributed by atoms with Gasteiger partial charge in [-0.1, -0.05) is 53.5 Å². The van der Waals surface area contributed by atoms with Gasteiger partial charge in [-0.2, -0.15) is 0 Å². The number of nitrogens with one attached hydrogen (secondary N) is 2. The zero-order valence-electron chi connectivity index (χ0n) is 17.7. The maximum Gasteiger partial charge on any atom is 0.253 e. The van der Waals surface area contributed by atoms with Gasteiger partial charge in [-0.25, -0.2) is 0 Å². The molecule has 1 fully saturated rings. The normalized spacial score (nSPS) is 14.1. The lowest BCUT2D eigenvalue weighted by Gasteiger charge is -2.34. The van der Waals surface area contributed by atoms with Crippen LogP contribution in [-0.4, -0.2) is 73.3 Å². The molecule has 3 amide bonds. The third-order valence-electron chi connectivity index (χ3n) is 5.31. The van der Waals surface area contributed by atoms with Gasteiger partial charge in [0.1, 0.15) is 0 Å². The molecular weight excluding hydrogens is 451 g/mol. The average Bonchev–Trinajstić information content (AvgIpc) is 2.80. The van der Waals surface area contributed by atoms with E-state index in [1.54, 1.807) is 11.0 Å². The second-order valence-electron chi connectivity index (χ2n) is 7.54. The molecule has 2 aromatic rings. The fourth-order valence-corrected chi connectivity index (χ4v) is 3.92. The second-order valence-corrected chi connectivity index (χ2v) is 8.39. The Balaban J connectivity index is 1.33. The van der Waals surface area contributed by atoms with Gasteiger partial charge in [0.05, 0.1) is 23.7 Å². The number of carbonyl (C=O) groups is 3. The van der Waals surface area contributed by atoms with Crippen molar-refractivity contribution in [3.05, 3.63) is 69.7 Å². The summed E-state index contributed by atoms with van der Waals surface area (Å²) in [4.78, 5) is 40.7. The maximum absolute atomic E-state index is 12.4. The van der Waals surface area contributed by atoms with Crippen molar-refractivity contribution in [2.24, 2.45) is 0 Å². The Morgan fingerprint density at radius 3 is 2.28 bits per heavy atom. The number of nitrogens with zero attached hydrogens (tertiary/aromatic N) is 2. The number of hydrogen-bond donors (Lipinski definition) is 2. The minimum absolute atomic E-state index is 0.0968. The number of carbonyl (C=O) groups excluding carboxylic acids is 3. The molecule has 0 unspecified atom stereocenters. The monoisotopic (exact) mass is 476 g/mol. The molecule has 0 saturated carbocycles. The van der Waals surface area contributed by atoms with Crippen LogP contribution in [0.3, 0.4) is 0 Å². The maximum atomic E-state index is 12.4. The van der Waals surface area contributed by atoms with E-state index in [2.05, 4.69) is 27.7 Å². The third-order valence-corrected chi connectivity index (χ3v) is 5.85. The molecule has 0 aliphatic carbocycles. The molecule has 1 aliphatic heterocycles. The Kier molecular flexibility index (Phi) is 8.90. The summed E-state index contributed by atoms with van der Waals surface area (Å²) in [5.41, 5.74) is 1.53. The van der Waals surface area contributed by atoms with E-state index in [0.29, 0.717) is 18.1 Å². The molecule has 0 spiro atoms. The second kappa shape index (κ2) is 11.9. The third kappa shape index (κ3) is 7.22. The van der Waals surface area contributed by atoms with Gasteiger partial charge in [0.2, 0.25) is 11.8 Å². The van der Waals surface area contributed by atoms with Crippen LogP contribution in [0.15, 0.2) is 48.5 Å². The molecule has 7 nitrogen and oxygen atoms in total. The van der Waals surface area contributed by atoms with Crippen molar-refractivity contribution in [2.75, 3.05) is 45.8 Å². The van der Waals surface area contributed by atoms with Crippen molar-refractivity contribution < 1.29 is 14.4 Å². The van der Waals surface area contributed by atoms with Crippen LogP contribution in [-0.2, 0) is 16.0 Å². The number of amides is 3. The molecule has 0 radical (unpaired) electrons. The molecule has 3 rings (SSSR count). The summed E-state index contributed by atoms with van der Waals surface area (Å²) < 4.78 is 0. The van der Waals surface area contributed by atoms with Crippen molar-refractivity contribution in [3.8, 4) is 0 Å². The van der Waals surface area contributed by atoms with E-state index < -0.39 is 11.8 Å². The quantitative estimate of drug-likeness (QED) is 0.611. The highest BCUT2D eigenvalue weighted by atomic mass is 35.5. The summed E-state index contributed by atoms with van der Waals surface area (Å²) in [5.74, 6) is -1.06. The van der Waals surface area contributed by atoms with E-state index in [-0.39, 0.29) is 29.6 Å². The standard InChI is InChI=1S/C23H26Cl2N4O3/c24-18-6-7-19(20(25)14-18)23(32)27-15-21(30)26-16-22(31)29-12-10-28(11-13-29)9-8-17-4-2-1-3-5-17/h1-7,14H,8-13,15-16H2,(H,26,30)(H,27,32). The van der Waals surface area contributed by atoms with Crippen molar-refractivity contribution in [1.29, 1.82) is 0 Å². The van der Waals surface area contributed by atoms with E-state index in [0.717, 1.165) is 26.1 Å². The van der Waals surface area contributed by atoms with Crippen LogP contribution < -0.4 is 10.6 Å². The molecule has 0 bridgehead atoms. The Bertz CT molecular complexity index is 948. The number of rotatable bonds is 8. The van der Waals surface area contributed by atoms with Crippen molar-refractivity contribution in [3.63, 3.8) is 0 Å². The highest BCUT2D eigenvalue weighted by molar-refractivity contribution is 6.36. The average molecular weight is 477 g/mol. The van der Waals surface area contributed by atoms with E-state index in [4.69, 9.17) is 23.2 Å². The van der Waals surface area contributed by atoms with Crippen LogP contribution in [0, 0.1) is 0 Å². The Hall–Kier alpha value is -2.61. The number of piperazine rings is 1. The number of benzene rings is 2. The fraction of sp³-hybridized carbons (Fsp3) is 0.348. The van der Waals surface area contributed by atoms with Gasteiger partial charge >= 0.3 is 0 Å². The van der Waals surface area contributed by atoms with Crippen LogP contribution in [0.2, 0.25) is 10.0 Å². The predicted octanol–water partition coefficient (Wildman–Crippen LogP) is 2.23. The first kappa shape index (κ1) is 24.0. The van der Waals surface area contributed by atoms with Gasteiger partial charge < -0.3 is 15.5 Å². The fourth-order valence-electron chi connectivity index (χ4n) is 3.43. The largest absolute Gasteiger partial charge is 0.345 e. The van der Waals surface area contributed by atoms with Gasteiger partial charge in [-0.05, 0) is 30.2 Å². The first-order valence-corrected chi connectivity index (χ1v) is 11.2. The zero-order valence-corrected chi connectivity index (χ0v) is 19.2. The van der Waals surface area contributed by atoms with Crippen LogP contribution in [0.4, 0.5) is 0 Å². The molecule has 32 heavy (non-hydrogen) atoms. The van der Waals surface area contributed by atoms with Crippen molar-refractivity contribution in [1.82, 2.24) is 20.4 Å². The van der Waals surface area contributed by atoms with Gasteiger partial charge in [-0.3, -0.25) is 19.3 Å². The van der Waals surface area contributed by atoms with E-state index in [9.17, 15) is 14.4 Å². The molecule has 1 aliphatic rings. The van der Waals surface area contributed by atoms with Crippen molar-refractivity contribution >= 4 is 40.9 Å². The Morgan fingerprint density at radius 1 is 0.875 bits per heavy atom. The highest BCUT2D eigenvalue weighted by Gasteiger charge is 2.21. The van der Waals surface area contributed by atoms with Crippen molar-refractivity contribution in [2.45, 2.75) is 6.42 Å². The molecule has 1 saturated heterocycles. The lowest BCUT2D eigenvalue weighted by Crippen LogP contribution is -2.52. The smallest absolute Gasteiger partial charge is 0.253 e. The van der Waals surface area contributed by atoms with Crippen LogP contribution >= 0.6 is 23.2 Å². The summed E-state index contributed by atoms with van der Waals surface area (Å²) in [6.07, 6.45) is 0.984. The molecule has 0 atom stereocenters. The minimum Gasteiger partial charge on any atom is -0.345 e. The van der Waals surface area contributed by atoms with Gasteiger partial charge in [0, 0.05) is 37.7 Å². The zero-order chi connectivity index (χ0) is 22.9. The van der Waals surface area contributed by atoms with Gasteiger partial charge in [0.25, 0.3) is 5.91 Å². The van der Waals surface area contributed by atoms with E-state index in [1.165, 1.54) is 17.7 Å². The first-order valence-electron chi connectivity index (χ1n) is 10.5. The molecule has 2 N–H and O–H groups in total. The SMILES string of the molecule is O=C(CNC(=O)c1ccc(Cl)cc1Cl)NCC(=O)N1CCN(CCc2ccccc2)CC1. The topological polar surface area (TPSA) is 81.8 Å². The Morgan fingerprint density at radius 2 is 1.59 bits per heavy atom. The first-order chi connectivity index (χ1) is 15.4. The summed E-state index contributed by atoms with van der Waals surface area (Å²) in [6.45, 7) is 3.50. The lowest BCUT2D eigenvalue weighted by atomic mass is 10.1. The van der Waals surface area contributed by atoms with E-state index >= 15 is 0 Å². The molecular formula is C23H26Cl2N4O3. The van der Waals surface area contributed by atoms with Crippen LogP contribution in [0.5, 0.6) is 0 Å². The van der Waals surface area contributed by atoms with Gasteiger partial charge in [0.15, 0.2) is 0 Å². The predicted molar refractivity (Wildman–Crippen MR) is 125 cm³/mol. The molecule has 0 aromatic heterocycles. The van der Waals surface area contributed by atoms with Gasteiger partial charge in [-0.15, -0.1) is 0 Å².